The van der Waals surface area contributed by atoms with E-state index in [0.29, 0.717) is 32.9 Å². The largest absolute Gasteiger partial charge is 0.490 e. The SMILES string of the molecule is CO[C@]1(COc2ccccc2)COCCN(C(C)=O)C1. The molecule has 1 aliphatic rings. The number of para-hydroxylation sites is 1. The molecule has 1 amide bonds. The highest BCUT2D eigenvalue weighted by atomic mass is 16.6. The molecule has 2 rings (SSSR count). The van der Waals surface area contributed by atoms with Crippen molar-refractivity contribution in [2.24, 2.45) is 0 Å². The maximum atomic E-state index is 11.6. The van der Waals surface area contributed by atoms with Crippen LogP contribution in [0.1, 0.15) is 6.92 Å². The van der Waals surface area contributed by atoms with Gasteiger partial charge in [-0.05, 0) is 12.1 Å². The summed E-state index contributed by atoms with van der Waals surface area (Å²) in [7, 11) is 1.63. The van der Waals surface area contributed by atoms with E-state index in [9.17, 15) is 4.79 Å². The summed E-state index contributed by atoms with van der Waals surface area (Å²) in [4.78, 5) is 13.3. The summed E-state index contributed by atoms with van der Waals surface area (Å²) in [6.45, 7) is 3.91. The molecular weight excluding hydrogens is 258 g/mol. The van der Waals surface area contributed by atoms with Crippen LogP contribution in [0.5, 0.6) is 5.75 Å². The van der Waals surface area contributed by atoms with Gasteiger partial charge >= 0.3 is 0 Å². The lowest BCUT2D eigenvalue weighted by atomic mass is 10.1. The van der Waals surface area contributed by atoms with E-state index in [1.807, 2.05) is 30.3 Å². The van der Waals surface area contributed by atoms with E-state index in [2.05, 4.69) is 0 Å². The highest BCUT2D eigenvalue weighted by Gasteiger charge is 2.36. The molecule has 1 saturated heterocycles. The van der Waals surface area contributed by atoms with Crippen LogP contribution in [-0.4, -0.2) is 56.4 Å². The number of carbonyl (C=O) groups excluding carboxylic acids is 1. The minimum Gasteiger partial charge on any atom is -0.490 e. The van der Waals surface area contributed by atoms with Crippen LogP contribution in [0.15, 0.2) is 30.3 Å². The van der Waals surface area contributed by atoms with E-state index in [0.717, 1.165) is 5.75 Å². The second-order valence-electron chi connectivity index (χ2n) is 4.98. The molecular formula is C15H21NO4. The zero-order valence-electron chi connectivity index (χ0n) is 12.0. The summed E-state index contributed by atoms with van der Waals surface area (Å²) in [5.74, 6) is 0.805. The molecule has 0 N–H and O–H groups in total. The van der Waals surface area contributed by atoms with Crippen molar-refractivity contribution in [2.75, 3.05) is 40.0 Å². The minimum atomic E-state index is -0.627. The molecule has 1 fully saturated rings. The molecule has 110 valence electrons. The van der Waals surface area contributed by atoms with Gasteiger partial charge in [0.2, 0.25) is 5.91 Å². The Hall–Kier alpha value is -1.59. The lowest BCUT2D eigenvalue weighted by Crippen LogP contribution is -2.51. The van der Waals surface area contributed by atoms with Crippen LogP contribution < -0.4 is 4.74 Å². The number of ether oxygens (including phenoxy) is 3. The van der Waals surface area contributed by atoms with E-state index < -0.39 is 5.60 Å². The average Bonchev–Trinajstić information content (AvgIpc) is 2.70. The molecule has 1 heterocycles. The number of benzene rings is 1. The summed E-state index contributed by atoms with van der Waals surface area (Å²) in [6.07, 6.45) is 0. The van der Waals surface area contributed by atoms with Crippen molar-refractivity contribution in [1.82, 2.24) is 4.90 Å². The van der Waals surface area contributed by atoms with Gasteiger partial charge in [-0.25, -0.2) is 0 Å². The number of carbonyl (C=O) groups is 1. The lowest BCUT2D eigenvalue weighted by Gasteiger charge is -2.33. The highest BCUT2D eigenvalue weighted by molar-refractivity contribution is 5.73. The predicted molar refractivity (Wildman–Crippen MR) is 74.8 cm³/mol. The van der Waals surface area contributed by atoms with Crippen LogP contribution in [0.3, 0.4) is 0 Å². The third-order valence-corrected chi connectivity index (χ3v) is 3.47. The smallest absolute Gasteiger partial charge is 0.219 e. The monoisotopic (exact) mass is 279 g/mol. The van der Waals surface area contributed by atoms with E-state index in [-0.39, 0.29) is 5.91 Å². The maximum absolute atomic E-state index is 11.6. The van der Waals surface area contributed by atoms with Crippen LogP contribution in [-0.2, 0) is 14.3 Å². The number of hydrogen-bond donors (Lipinski definition) is 0. The molecule has 0 radical (unpaired) electrons. The molecule has 1 atom stereocenters. The van der Waals surface area contributed by atoms with Crippen molar-refractivity contribution in [2.45, 2.75) is 12.5 Å². The summed E-state index contributed by atoms with van der Waals surface area (Å²) in [5, 5.41) is 0. The lowest BCUT2D eigenvalue weighted by molar-refractivity contribution is -0.134. The van der Waals surface area contributed by atoms with Crippen molar-refractivity contribution >= 4 is 5.91 Å². The van der Waals surface area contributed by atoms with E-state index in [1.54, 1.807) is 18.9 Å². The zero-order valence-corrected chi connectivity index (χ0v) is 12.0. The fourth-order valence-corrected chi connectivity index (χ4v) is 2.18. The first kappa shape index (κ1) is 14.8. The van der Waals surface area contributed by atoms with Crippen molar-refractivity contribution in [3.8, 4) is 5.75 Å². The molecule has 5 heteroatoms. The first-order chi connectivity index (χ1) is 9.65. The van der Waals surface area contributed by atoms with Crippen LogP contribution in [0, 0.1) is 0 Å². The van der Waals surface area contributed by atoms with Gasteiger partial charge in [-0.3, -0.25) is 4.79 Å². The topological polar surface area (TPSA) is 48.0 Å². The molecule has 0 bridgehead atoms. The molecule has 1 aromatic carbocycles. The fraction of sp³-hybridized carbons (Fsp3) is 0.533. The van der Waals surface area contributed by atoms with Gasteiger partial charge in [0.25, 0.3) is 0 Å². The van der Waals surface area contributed by atoms with Gasteiger partial charge in [0.15, 0.2) is 0 Å². The van der Waals surface area contributed by atoms with Gasteiger partial charge < -0.3 is 19.1 Å². The second kappa shape index (κ2) is 6.72. The summed E-state index contributed by atoms with van der Waals surface area (Å²) < 4.78 is 17.0. The molecule has 0 saturated carbocycles. The standard InChI is InChI=1S/C15H21NO4/c1-13(17)16-8-9-19-11-15(10-16,18-2)12-20-14-6-4-3-5-7-14/h3-7H,8-12H2,1-2H3/t15-/m0/s1. The molecule has 1 aliphatic heterocycles. The highest BCUT2D eigenvalue weighted by Crippen LogP contribution is 2.19. The van der Waals surface area contributed by atoms with Crippen molar-refractivity contribution in [3.05, 3.63) is 30.3 Å². The summed E-state index contributed by atoms with van der Waals surface area (Å²) in [6, 6.07) is 9.55. The number of amides is 1. The third-order valence-electron chi connectivity index (χ3n) is 3.47. The Morgan fingerprint density at radius 2 is 2.15 bits per heavy atom. The zero-order chi connectivity index (χ0) is 14.4. The molecule has 0 unspecified atom stereocenters. The number of nitrogens with zero attached hydrogens (tertiary/aromatic N) is 1. The Labute approximate surface area is 119 Å². The number of methoxy groups -OCH3 is 1. The van der Waals surface area contributed by atoms with Gasteiger partial charge in [-0.2, -0.15) is 0 Å². The van der Waals surface area contributed by atoms with Crippen LogP contribution in [0.25, 0.3) is 0 Å². The Kier molecular flexibility index (Phi) is 4.98. The van der Waals surface area contributed by atoms with Gasteiger partial charge in [0.1, 0.15) is 18.0 Å². The Bertz CT molecular complexity index is 437. The van der Waals surface area contributed by atoms with E-state index in [1.165, 1.54) is 0 Å². The normalized spacial score (nSPS) is 23.2. The van der Waals surface area contributed by atoms with Gasteiger partial charge in [0, 0.05) is 20.6 Å². The molecule has 1 aromatic rings. The van der Waals surface area contributed by atoms with Gasteiger partial charge in [0.05, 0.1) is 19.8 Å². The Balaban J connectivity index is 2.04. The maximum Gasteiger partial charge on any atom is 0.219 e. The van der Waals surface area contributed by atoms with Crippen molar-refractivity contribution < 1.29 is 19.0 Å². The van der Waals surface area contributed by atoms with Crippen LogP contribution in [0.2, 0.25) is 0 Å². The molecule has 0 aromatic heterocycles. The van der Waals surface area contributed by atoms with E-state index >= 15 is 0 Å². The fourth-order valence-electron chi connectivity index (χ4n) is 2.18. The molecule has 5 nitrogen and oxygen atoms in total. The number of hydrogen-bond acceptors (Lipinski definition) is 4. The molecule has 0 spiro atoms. The van der Waals surface area contributed by atoms with Crippen molar-refractivity contribution in [1.29, 1.82) is 0 Å². The molecule has 20 heavy (non-hydrogen) atoms. The van der Waals surface area contributed by atoms with Gasteiger partial charge in [-0.1, -0.05) is 18.2 Å². The Morgan fingerprint density at radius 3 is 2.80 bits per heavy atom. The van der Waals surface area contributed by atoms with Crippen molar-refractivity contribution in [3.63, 3.8) is 0 Å². The molecule has 0 aliphatic carbocycles. The Morgan fingerprint density at radius 1 is 1.40 bits per heavy atom. The quantitative estimate of drug-likeness (QED) is 0.834. The first-order valence-electron chi connectivity index (χ1n) is 6.71. The predicted octanol–water partition coefficient (Wildman–Crippen LogP) is 1.33. The van der Waals surface area contributed by atoms with Crippen LogP contribution >= 0.6 is 0 Å². The van der Waals surface area contributed by atoms with Crippen LogP contribution in [0.4, 0.5) is 0 Å². The summed E-state index contributed by atoms with van der Waals surface area (Å²) >= 11 is 0. The average molecular weight is 279 g/mol. The van der Waals surface area contributed by atoms with E-state index in [4.69, 9.17) is 14.2 Å². The first-order valence-corrected chi connectivity index (χ1v) is 6.71. The minimum absolute atomic E-state index is 0.0247. The number of rotatable bonds is 4. The second-order valence-corrected chi connectivity index (χ2v) is 4.98. The third kappa shape index (κ3) is 3.71. The van der Waals surface area contributed by atoms with Gasteiger partial charge in [-0.15, -0.1) is 0 Å². The summed E-state index contributed by atoms with van der Waals surface area (Å²) in [5.41, 5.74) is -0.627.